The van der Waals surface area contributed by atoms with E-state index < -0.39 is 0 Å². The molecule has 1 atom stereocenters. The molecule has 15 heavy (non-hydrogen) atoms. The van der Waals surface area contributed by atoms with Crippen LogP contribution in [0.3, 0.4) is 0 Å². The molecule has 0 aliphatic rings. The number of hydrogen-bond acceptors (Lipinski definition) is 2. The van der Waals surface area contributed by atoms with E-state index in [1.165, 1.54) is 45.3 Å². The lowest BCUT2D eigenvalue weighted by molar-refractivity contribution is 0.239. The van der Waals surface area contributed by atoms with Crippen LogP contribution in [0.1, 0.15) is 53.4 Å². The van der Waals surface area contributed by atoms with E-state index >= 15 is 0 Å². The first-order valence-electron chi connectivity index (χ1n) is 6.74. The summed E-state index contributed by atoms with van der Waals surface area (Å²) >= 11 is 0. The summed E-state index contributed by atoms with van der Waals surface area (Å²) in [5.74, 6) is 0. The van der Waals surface area contributed by atoms with Gasteiger partial charge in [-0.25, -0.2) is 0 Å². The first kappa shape index (κ1) is 14.9. The van der Waals surface area contributed by atoms with Crippen LogP contribution in [0, 0.1) is 0 Å². The van der Waals surface area contributed by atoms with Gasteiger partial charge in [-0.15, -0.1) is 0 Å². The van der Waals surface area contributed by atoms with Crippen LogP contribution in [-0.2, 0) is 0 Å². The van der Waals surface area contributed by atoms with Crippen molar-refractivity contribution in [3.05, 3.63) is 0 Å². The van der Waals surface area contributed by atoms with E-state index in [4.69, 9.17) is 0 Å². The number of nitrogens with zero attached hydrogens (tertiary/aromatic N) is 1. The molecule has 92 valence electrons. The van der Waals surface area contributed by atoms with Gasteiger partial charge in [0.05, 0.1) is 0 Å². The van der Waals surface area contributed by atoms with Crippen molar-refractivity contribution in [2.45, 2.75) is 59.4 Å². The predicted octanol–water partition coefficient (Wildman–Crippen LogP) is 2.89. The third-order valence-corrected chi connectivity index (χ3v) is 2.73. The van der Waals surface area contributed by atoms with Crippen molar-refractivity contribution < 1.29 is 0 Å². The van der Waals surface area contributed by atoms with Crippen molar-refractivity contribution in [2.75, 3.05) is 26.2 Å². The molecule has 0 bridgehead atoms. The Labute approximate surface area is 96.4 Å². The maximum Gasteiger partial charge on any atom is 0.0192 e. The topological polar surface area (TPSA) is 15.3 Å². The average molecular weight is 214 g/mol. The van der Waals surface area contributed by atoms with Crippen LogP contribution in [0.5, 0.6) is 0 Å². The number of nitrogens with one attached hydrogen (secondary N) is 1. The summed E-state index contributed by atoms with van der Waals surface area (Å²) in [6.45, 7) is 13.9. The highest BCUT2D eigenvalue weighted by Crippen LogP contribution is 2.00. The Kier molecular flexibility index (Phi) is 10.4. The summed E-state index contributed by atoms with van der Waals surface area (Å²) in [6, 6.07) is 0.683. The molecule has 0 rings (SSSR count). The van der Waals surface area contributed by atoms with Gasteiger partial charge in [0.1, 0.15) is 0 Å². The molecule has 0 heterocycles. The molecule has 0 aliphatic carbocycles. The van der Waals surface area contributed by atoms with Crippen LogP contribution in [0.2, 0.25) is 0 Å². The maximum atomic E-state index is 3.62. The minimum Gasteiger partial charge on any atom is -0.313 e. The number of rotatable bonds is 10. The first-order chi connectivity index (χ1) is 7.28. The molecule has 0 aromatic rings. The van der Waals surface area contributed by atoms with Crippen LogP contribution in [0.25, 0.3) is 0 Å². The molecule has 2 nitrogen and oxygen atoms in total. The molecule has 2 heteroatoms. The Morgan fingerprint density at radius 3 is 1.93 bits per heavy atom. The Balaban J connectivity index is 3.85. The van der Waals surface area contributed by atoms with E-state index in [0.717, 1.165) is 6.54 Å². The average Bonchev–Trinajstić information content (AvgIpc) is 2.24. The van der Waals surface area contributed by atoms with Crippen LogP contribution in [0.4, 0.5) is 0 Å². The van der Waals surface area contributed by atoms with Crippen molar-refractivity contribution in [3.63, 3.8) is 0 Å². The lowest BCUT2D eigenvalue weighted by Crippen LogP contribution is -2.41. The minimum absolute atomic E-state index is 0.683. The van der Waals surface area contributed by atoms with Crippen LogP contribution in [-0.4, -0.2) is 37.1 Å². The molecule has 0 amide bonds. The fourth-order valence-electron chi connectivity index (χ4n) is 1.92. The highest BCUT2D eigenvalue weighted by molar-refractivity contribution is 4.70. The number of hydrogen-bond donors (Lipinski definition) is 1. The van der Waals surface area contributed by atoms with Gasteiger partial charge in [-0.1, -0.05) is 27.7 Å². The third kappa shape index (κ3) is 7.80. The van der Waals surface area contributed by atoms with Gasteiger partial charge >= 0.3 is 0 Å². The fraction of sp³-hybridized carbons (Fsp3) is 1.00. The van der Waals surface area contributed by atoms with Crippen molar-refractivity contribution in [2.24, 2.45) is 0 Å². The molecule has 0 spiro atoms. The zero-order valence-corrected chi connectivity index (χ0v) is 11.2. The zero-order valence-electron chi connectivity index (χ0n) is 11.2. The third-order valence-electron chi connectivity index (χ3n) is 2.73. The van der Waals surface area contributed by atoms with Crippen molar-refractivity contribution >= 4 is 0 Å². The second kappa shape index (κ2) is 10.4. The van der Waals surface area contributed by atoms with Crippen LogP contribution >= 0.6 is 0 Å². The lowest BCUT2D eigenvalue weighted by Gasteiger charge is -2.27. The summed E-state index contributed by atoms with van der Waals surface area (Å²) < 4.78 is 0. The van der Waals surface area contributed by atoms with E-state index in [2.05, 4.69) is 37.9 Å². The van der Waals surface area contributed by atoms with Crippen molar-refractivity contribution in [1.82, 2.24) is 10.2 Å². The van der Waals surface area contributed by atoms with E-state index in [1.54, 1.807) is 0 Å². The summed E-state index contributed by atoms with van der Waals surface area (Å²) in [7, 11) is 0. The van der Waals surface area contributed by atoms with E-state index in [-0.39, 0.29) is 0 Å². The Morgan fingerprint density at radius 2 is 1.53 bits per heavy atom. The smallest absolute Gasteiger partial charge is 0.0192 e. The lowest BCUT2D eigenvalue weighted by atomic mass is 10.2. The standard InChI is InChI=1S/C13H30N2/c1-5-9-14-13(8-4)12-15(10-6-2)11-7-3/h13-14H,5-12H2,1-4H3. The van der Waals surface area contributed by atoms with E-state index in [9.17, 15) is 0 Å². The quantitative estimate of drug-likeness (QED) is 0.601. The highest BCUT2D eigenvalue weighted by atomic mass is 15.1. The van der Waals surface area contributed by atoms with Gasteiger partial charge in [-0.3, -0.25) is 0 Å². The zero-order chi connectivity index (χ0) is 11.5. The summed E-state index contributed by atoms with van der Waals surface area (Å²) in [5, 5.41) is 3.62. The van der Waals surface area contributed by atoms with Crippen molar-refractivity contribution in [1.29, 1.82) is 0 Å². The van der Waals surface area contributed by atoms with Crippen LogP contribution < -0.4 is 5.32 Å². The molecule has 0 aromatic heterocycles. The van der Waals surface area contributed by atoms with Crippen LogP contribution in [0.15, 0.2) is 0 Å². The molecular weight excluding hydrogens is 184 g/mol. The van der Waals surface area contributed by atoms with Gasteiger partial charge in [0.15, 0.2) is 0 Å². The second-order valence-electron chi connectivity index (χ2n) is 4.36. The SMILES string of the molecule is CCCNC(CC)CN(CCC)CCC. The monoisotopic (exact) mass is 214 g/mol. The molecule has 0 radical (unpaired) electrons. The molecule has 0 fully saturated rings. The summed E-state index contributed by atoms with van der Waals surface area (Å²) in [4.78, 5) is 2.59. The van der Waals surface area contributed by atoms with Crippen molar-refractivity contribution in [3.8, 4) is 0 Å². The Morgan fingerprint density at radius 1 is 0.933 bits per heavy atom. The van der Waals surface area contributed by atoms with Gasteiger partial charge in [0, 0.05) is 12.6 Å². The van der Waals surface area contributed by atoms with Gasteiger partial charge < -0.3 is 10.2 Å². The second-order valence-corrected chi connectivity index (χ2v) is 4.36. The molecule has 1 N–H and O–H groups in total. The van der Waals surface area contributed by atoms with E-state index in [1.807, 2.05) is 0 Å². The van der Waals surface area contributed by atoms with Gasteiger partial charge in [0.2, 0.25) is 0 Å². The summed E-state index contributed by atoms with van der Waals surface area (Å²) in [5.41, 5.74) is 0. The minimum atomic E-state index is 0.683. The molecule has 1 unspecified atom stereocenters. The van der Waals surface area contributed by atoms with Gasteiger partial charge in [0.25, 0.3) is 0 Å². The van der Waals surface area contributed by atoms with Gasteiger partial charge in [-0.05, 0) is 45.3 Å². The molecule has 0 aliphatic heterocycles. The summed E-state index contributed by atoms with van der Waals surface area (Å²) in [6.07, 6.45) is 5.01. The molecular formula is C13H30N2. The Hall–Kier alpha value is -0.0800. The normalized spacial score (nSPS) is 13.4. The maximum absolute atomic E-state index is 3.62. The van der Waals surface area contributed by atoms with E-state index in [0.29, 0.717) is 6.04 Å². The first-order valence-corrected chi connectivity index (χ1v) is 6.74. The fourth-order valence-corrected chi connectivity index (χ4v) is 1.92. The molecule has 0 aromatic carbocycles. The molecule has 0 saturated carbocycles. The predicted molar refractivity (Wildman–Crippen MR) is 69.4 cm³/mol. The Bertz CT molecular complexity index is 120. The largest absolute Gasteiger partial charge is 0.313 e. The molecule has 0 saturated heterocycles. The van der Waals surface area contributed by atoms with Gasteiger partial charge in [-0.2, -0.15) is 0 Å². The highest BCUT2D eigenvalue weighted by Gasteiger charge is 2.10.